The predicted octanol–water partition coefficient (Wildman–Crippen LogP) is 0.270. The lowest BCUT2D eigenvalue weighted by atomic mass is 10.3. The maximum absolute atomic E-state index is 11.5. The number of aryl methyl sites for hydroxylation is 1. The lowest BCUT2D eigenvalue weighted by Crippen LogP contribution is -2.23. The molecule has 0 fully saturated rings. The van der Waals surface area contributed by atoms with E-state index in [1.165, 1.54) is 12.3 Å². The number of nitrogens with one attached hydrogen (secondary N) is 1. The van der Waals surface area contributed by atoms with Crippen LogP contribution in [0.15, 0.2) is 17.2 Å². The molecule has 14 heavy (non-hydrogen) atoms. The van der Waals surface area contributed by atoms with Crippen molar-refractivity contribution in [3.63, 3.8) is 0 Å². The Morgan fingerprint density at radius 2 is 2.21 bits per heavy atom. The largest absolute Gasteiger partial charge is 0.383 e. The van der Waals surface area contributed by atoms with Gasteiger partial charge in [0.1, 0.15) is 10.7 Å². The lowest BCUT2D eigenvalue weighted by molar-refractivity contribution is 0.583. The fourth-order valence-corrected chi connectivity index (χ4v) is 2.05. The summed E-state index contributed by atoms with van der Waals surface area (Å²) < 4.78 is 25.4. The molecule has 0 aliphatic heterocycles. The summed E-state index contributed by atoms with van der Waals surface area (Å²) in [5.74, 6) is 0.348. The summed E-state index contributed by atoms with van der Waals surface area (Å²) in [7, 11) is -3.42. The molecule has 0 saturated heterocycles. The van der Waals surface area contributed by atoms with Crippen LogP contribution < -0.4 is 10.5 Å². The van der Waals surface area contributed by atoms with Crippen LogP contribution >= 0.6 is 0 Å². The Morgan fingerprint density at radius 3 is 2.71 bits per heavy atom. The van der Waals surface area contributed by atoms with E-state index in [1.54, 1.807) is 13.8 Å². The monoisotopic (exact) mass is 215 g/mol. The molecule has 78 valence electrons. The average molecular weight is 215 g/mol. The van der Waals surface area contributed by atoms with Crippen molar-refractivity contribution >= 4 is 15.8 Å². The molecule has 1 aromatic rings. The molecule has 6 heteroatoms. The van der Waals surface area contributed by atoms with E-state index in [0.29, 0.717) is 17.9 Å². The first-order valence-corrected chi connectivity index (χ1v) is 5.67. The maximum Gasteiger partial charge on any atom is 0.242 e. The second kappa shape index (κ2) is 3.93. The van der Waals surface area contributed by atoms with Crippen molar-refractivity contribution in [1.82, 2.24) is 9.71 Å². The molecule has 1 aromatic heterocycles. The van der Waals surface area contributed by atoms with E-state index in [4.69, 9.17) is 5.73 Å². The molecule has 0 radical (unpaired) electrons. The molecule has 3 N–H and O–H groups in total. The van der Waals surface area contributed by atoms with Gasteiger partial charge in [0.25, 0.3) is 0 Å². The molecule has 0 aliphatic rings. The van der Waals surface area contributed by atoms with Gasteiger partial charge in [-0.05, 0) is 18.6 Å². The minimum atomic E-state index is -3.42. The second-order valence-electron chi connectivity index (χ2n) is 2.87. The molecular weight excluding hydrogens is 202 g/mol. The first kappa shape index (κ1) is 10.9. The molecule has 0 aromatic carbocycles. The summed E-state index contributed by atoms with van der Waals surface area (Å²) in [6.45, 7) is 3.79. The summed E-state index contributed by atoms with van der Waals surface area (Å²) in [6.07, 6.45) is 1.25. The molecule has 0 amide bonds. The molecule has 0 unspecified atom stereocenters. The van der Waals surface area contributed by atoms with Crippen molar-refractivity contribution in [3.05, 3.63) is 17.8 Å². The zero-order chi connectivity index (χ0) is 10.8. The fourth-order valence-electron chi connectivity index (χ4n) is 0.980. The molecular formula is C8H13N3O2S. The van der Waals surface area contributed by atoms with Crippen LogP contribution in [0.1, 0.15) is 12.5 Å². The van der Waals surface area contributed by atoms with Gasteiger partial charge >= 0.3 is 0 Å². The van der Waals surface area contributed by atoms with Gasteiger partial charge in [-0.3, -0.25) is 0 Å². The summed E-state index contributed by atoms with van der Waals surface area (Å²) in [4.78, 5) is 3.93. The summed E-state index contributed by atoms with van der Waals surface area (Å²) in [5.41, 5.74) is 6.14. The van der Waals surface area contributed by atoms with E-state index < -0.39 is 10.0 Å². The topological polar surface area (TPSA) is 85.1 Å². The Labute approximate surface area is 83.4 Å². The van der Waals surface area contributed by atoms with Gasteiger partial charge in [0.15, 0.2) is 0 Å². The quantitative estimate of drug-likeness (QED) is 0.758. The third kappa shape index (κ3) is 2.21. The van der Waals surface area contributed by atoms with Crippen molar-refractivity contribution in [3.8, 4) is 0 Å². The van der Waals surface area contributed by atoms with E-state index in [-0.39, 0.29) is 4.90 Å². The number of hydrogen-bond donors (Lipinski definition) is 2. The Hall–Kier alpha value is -1.14. The number of hydrogen-bond acceptors (Lipinski definition) is 4. The molecule has 0 bridgehead atoms. The van der Waals surface area contributed by atoms with Crippen LogP contribution in [-0.2, 0) is 10.0 Å². The lowest BCUT2D eigenvalue weighted by Gasteiger charge is -2.05. The number of aromatic nitrogens is 1. The Morgan fingerprint density at radius 1 is 1.57 bits per heavy atom. The van der Waals surface area contributed by atoms with Gasteiger partial charge in [0.2, 0.25) is 10.0 Å². The molecule has 0 atom stereocenters. The van der Waals surface area contributed by atoms with E-state index in [2.05, 4.69) is 9.71 Å². The molecule has 5 nitrogen and oxygen atoms in total. The summed E-state index contributed by atoms with van der Waals surface area (Å²) in [5, 5.41) is 0. The smallest absolute Gasteiger partial charge is 0.242 e. The van der Waals surface area contributed by atoms with Crippen LogP contribution in [0.3, 0.4) is 0 Å². The molecule has 0 aliphatic carbocycles. The van der Waals surface area contributed by atoms with Gasteiger partial charge in [0, 0.05) is 12.7 Å². The van der Waals surface area contributed by atoms with Gasteiger partial charge in [0.05, 0.1) is 0 Å². The summed E-state index contributed by atoms with van der Waals surface area (Å²) >= 11 is 0. The minimum absolute atomic E-state index is 0.144. The number of rotatable bonds is 3. The van der Waals surface area contributed by atoms with Crippen molar-refractivity contribution in [2.75, 3.05) is 12.3 Å². The predicted molar refractivity (Wildman–Crippen MR) is 54.2 cm³/mol. The highest BCUT2D eigenvalue weighted by atomic mass is 32.2. The van der Waals surface area contributed by atoms with Crippen LogP contribution in [0.25, 0.3) is 0 Å². The molecule has 0 saturated carbocycles. The third-order valence-electron chi connectivity index (χ3n) is 1.74. The highest BCUT2D eigenvalue weighted by Crippen LogP contribution is 2.13. The van der Waals surface area contributed by atoms with Gasteiger partial charge in [-0.25, -0.2) is 18.1 Å². The first-order valence-electron chi connectivity index (χ1n) is 4.19. The Balaban J connectivity index is 3.15. The zero-order valence-corrected chi connectivity index (χ0v) is 8.93. The van der Waals surface area contributed by atoms with E-state index in [1.807, 2.05) is 0 Å². The van der Waals surface area contributed by atoms with E-state index >= 15 is 0 Å². The van der Waals surface area contributed by atoms with Crippen LogP contribution in [-0.4, -0.2) is 19.9 Å². The molecule has 1 rings (SSSR count). The highest BCUT2D eigenvalue weighted by Gasteiger charge is 2.13. The van der Waals surface area contributed by atoms with Crippen LogP contribution in [0.4, 0.5) is 5.82 Å². The van der Waals surface area contributed by atoms with E-state index in [0.717, 1.165) is 0 Å². The number of sulfonamides is 1. The Bertz CT molecular complexity index is 428. The minimum Gasteiger partial charge on any atom is -0.383 e. The highest BCUT2D eigenvalue weighted by molar-refractivity contribution is 7.89. The van der Waals surface area contributed by atoms with Crippen LogP contribution in [0.2, 0.25) is 0 Å². The number of nitrogen functional groups attached to an aromatic ring is 1. The number of nitrogens with two attached hydrogens (primary N) is 1. The van der Waals surface area contributed by atoms with Crippen molar-refractivity contribution in [1.29, 1.82) is 0 Å². The van der Waals surface area contributed by atoms with Crippen molar-refractivity contribution in [2.45, 2.75) is 18.7 Å². The SMILES string of the molecule is CCNS(=O)(=O)c1cnc(N)c(C)c1. The van der Waals surface area contributed by atoms with Gasteiger partial charge in [-0.15, -0.1) is 0 Å². The number of anilines is 1. The number of pyridine rings is 1. The normalized spacial score (nSPS) is 11.6. The summed E-state index contributed by atoms with van der Waals surface area (Å²) in [6, 6.07) is 1.50. The van der Waals surface area contributed by atoms with Gasteiger partial charge < -0.3 is 5.73 Å². The maximum atomic E-state index is 11.5. The van der Waals surface area contributed by atoms with Crippen molar-refractivity contribution in [2.24, 2.45) is 0 Å². The van der Waals surface area contributed by atoms with E-state index in [9.17, 15) is 8.42 Å². The van der Waals surface area contributed by atoms with Gasteiger partial charge in [-0.1, -0.05) is 6.92 Å². The van der Waals surface area contributed by atoms with Crippen LogP contribution in [0.5, 0.6) is 0 Å². The second-order valence-corrected chi connectivity index (χ2v) is 4.64. The first-order chi connectivity index (χ1) is 6.47. The van der Waals surface area contributed by atoms with Crippen LogP contribution in [0, 0.1) is 6.92 Å². The molecule has 1 heterocycles. The molecule has 0 spiro atoms. The number of nitrogens with zero attached hydrogens (tertiary/aromatic N) is 1. The van der Waals surface area contributed by atoms with Gasteiger partial charge in [-0.2, -0.15) is 0 Å². The fraction of sp³-hybridized carbons (Fsp3) is 0.375. The third-order valence-corrected chi connectivity index (χ3v) is 3.25. The zero-order valence-electron chi connectivity index (χ0n) is 8.11. The standard InChI is InChI=1S/C8H13N3O2S/c1-3-11-14(12,13)7-4-6(2)8(9)10-5-7/h4-5,11H,3H2,1-2H3,(H2,9,10). The Kier molecular flexibility index (Phi) is 3.07. The average Bonchev–Trinajstić information content (AvgIpc) is 2.09. The van der Waals surface area contributed by atoms with Crippen molar-refractivity contribution < 1.29 is 8.42 Å².